The van der Waals surface area contributed by atoms with Crippen molar-refractivity contribution in [1.82, 2.24) is 0 Å². The monoisotopic (exact) mass is 274 g/mol. The number of hydrogen-bond acceptors (Lipinski definition) is 0. The molecule has 2 heteroatoms. The number of alkyl halides is 1. The molecule has 1 rings (SSSR count). The van der Waals surface area contributed by atoms with Crippen molar-refractivity contribution in [3.8, 4) is 0 Å². The van der Waals surface area contributed by atoms with E-state index in [-0.39, 0.29) is 5.38 Å². The first kappa shape index (κ1) is 12.1. The summed E-state index contributed by atoms with van der Waals surface area (Å²) in [6, 6.07) is 8.28. The molecule has 78 valence electrons. The zero-order valence-electron chi connectivity index (χ0n) is 8.80. The van der Waals surface area contributed by atoms with E-state index in [1.165, 1.54) is 5.56 Å². The molecule has 14 heavy (non-hydrogen) atoms. The lowest BCUT2D eigenvalue weighted by atomic mass is 9.91. The summed E-state index contributed by atoms with van der Waals surface area (Å²) < 4.78 is 1.15. The highest BCUT2D eigenvalue weighted by Crippen LogP contribution is 2.32. The number of halogens is 2. The van der Waals surface area contributed by atoms with Crippen LogP contribution in [0.4, 0.5) is 0 Å². The molecule has 0 aliphatic rings. The fraction of sp³-hybridized carbons (Fsp3) is 0.500. The van der Waals surface area contributed by atoms with Crippen LogP contribution in [0, 0.1) is 5.92 Å². The van der Waals surface area contributed by atoms with Gasteiger partial charge in [-0.25, -0.2) is 0 Å². The van der Waals surface area contributed by atoms with Crippen molar-refractivity contribution in [2.24, 2.45) is 5.92 Å². The molecule has 0 saturated carbocycles. The van der Waals surface area contributed by atoms with Gasteiger partial charge in [-0.1, -0.05) is 54.9 Å². The van der Waals surface area contributed by atoms with Gasteiger partial charge in [-0.15, -0.1) is 11.6 Å². The van der Waals surface area contributed by atoms with Gasteiger partial charge >= 0.3 is 0 Å². The average molecular weight is 276 g/mol. The van der Waals surface area contributed by atoms with Crippen molar-refractivity contribution in [3.63, 3.8) is 0 Å². The van der Waals surface area contributed by atoms with Crippen LogP contribution in [0.2, 0.25) is 0 Å². The van der Waals surface area contributed by atoms with Crippen molar-refractivity contribution in [2.75, 3.05) is 0 Å². The smallest absolute Gasteiger partial charge is 0.0425 e. The van der Waals surface area contributed by atoms with Crippen LogP contribution in [0.15, 0.2) is 28.7 Å². The highest BCUT2D eigenvalue weighted by Gasteiger charge is 2.20. The van der Waals surface area contributed by atoms with Crippen LogP contribution >= 0.6 is 27.5 Å². The molecular formula is C12H16BrCl. The summed E-state index contributed by atoms with van der Waals surface area (Å²) in [5.74, 6) is 0.881. The second kappa shape index (κ2) is 5.18. The van der Waals surface area contributed by atoms with Gasteiger partial charge < -0.3 is 0 Å². The molecule has 2 atom stereocenters. The molecule has 0 nitrogen and oxygen atoms in total. The number of rotatable bonds is 3. The largest absolute Gasteiger partial charge is 0.122 e. The van der Waals surface area contributed by atoms with Crippen LogP contribution in [0.5, 0.6) is 0 Å². The fourth-order valence-electron chi connectivity index (χ4n) is 1.59. The normalized spacial score (nSPS) is 15.6. The predicted octanol–water partition coefficient (Wildman–Crippen LogP) is 4.82. The van der Waals surface area contributed by atoms with Crippen LogP contribution in [0.25, 0.3) is 0 Å². The second-order valence-corrected chi connectivity index (χ2v) is 5.36. The van der Waals surface area contributed by atoms with Gasteiger partial charge in [0, 0.05) is 9.85 Å². The Hall–Kier alpha value is -0.0100. The molecule has 0 radical (unpaired) electrons. The minimum absolute atomic E-state index is 0.189. The molecule has 0 heterocycles. The maximum atomic E-state index is 6.35. The predicted molar refractivity (Wildman–Crippen MR) is 67.0 cm³/mol. The van der Waals surface area contributed by atoms with E-state index in [1.807, 2.05) is 6.07 Å². The lowest BCUT2D eigenvalue weighted by Gasteiger charge is -2.22. The molecule has 0 fully saturated rings. The second-order valence-electron chi connectivity index (χ2n) is 4.00. The van der Waals surface area contributed by atoms with Gasteiger partial charge in [0.1, 0.15) is 0 Å². The van der Waals surface area contributed by atoms with E-state index in [2.05, 4.69) is 54.9 Å². The van der Waals surface area contributed by atoms with Crippen molar-refractivity contribution >= 4 is 27.5 Å². The van der Waals surface area contributed by atoms with Crippen molar-refractivity contribution < 1.29 is 0 Å². The number of hydrogen-bond donors (Lipinski definition) is 0. The van der Waals surface area contributed by atoms with Gasteiger partial charge in [0.05, 0.1) is 0 Å². The van der Waals surface area contributed by atoms with Crippen LogP contribution in [-0.4, -0.2) is 5.38 Å². The maximum Gasteiger partial charge on any atom is 0.0425 e. The lowest BCUT2D eigenvalue weighted by molar-refractivity contribution is 0.532. The van der Waals surface area contributed by atoms with Crippen molar-refractivity contribution in [2.45, 2.75) is 32.1 Å². The summed E-state index contributed by atoms with van der Waals surface area (Å²) in [7, 11) is 0. The van der Waals surface area contributed by atoms with Gasteiger partial charge in [0.25, 0.3) is 0 Å². The zero-order valence-corrected chi connectivity index (χ0v) is 11.1. The van der Waals surface area contributed by atoms with E-state index in [9.17, 15) is 0 Å². The molecule has 0 bridgehead atoms. The Bertz CT molecular complexity index is 296. The van der Waals surface area contributed by atoms with E-state index in [4.69, 9.17) is 11.6 Å². The molecule has 0 aliphatic heterocycles. The SMILES string of the molecule is CC(C)C(Cl)C(C)c1ccccc1Br. The molecular weight excluding hydrogens is 259 g/mol. The first-order valence-electron chi connectivity index (χ1n) is 4.92. The van der Waals surface area contributed by atoms with E-state index in [0.717, 1.165) is 4.47 Å². The summed E-state index contributed by atoms with van der Waals surface area (Å²) in [5.41, 5.74) is 1.29. The summed E-state index contributed by atoms with van der Waals surface area (Å²) in [6.45, 7) is 6.49. The Balaban J connectivity index is 2.89. The summed E-state index contributed by atoms with van der Waals surface area (Å²) in [6.07, 6.45) is 0. The first-order valence-corrected chi connectivity index (χ1v) is 6.15. The Morgan fingerprint density at radius 2 is 1.71 bits per heavy atom. The molecule has 0 amide bonds. The molecule has 0 aliphatic carbocycles. The minimum atomic E-state index is 0.189. The summed E-state index contributed by atoms with van der Waals surface area (Å²) >= 11 is 9.91. The van der Waals surface area contributed by atoms with E-state index in [0.29, 0.717) is 11.8 Å². The minimum Gasteiger partial charge on any atom is -0.122 e. The van der Waals surface area contributed by atoms with Crippen LogP contribution in [0.1, 0.15) is 32.3 Å². The fourth-order valence-corrected chi connectivity index (χ4v) is 2.37. The molecule has 1 aromatic rings. The lowest BCUT2D eigenvalue weighted by Crippen LogP contribution is -2.16. The average Bonchev–Trinajstić information content (AvgIpc) is 2.16. The van der Waals surface area contributed by atoms with Gasteiger partial charge in [-0.3, -0.25) is 0 Å². The van der Waals surface area contributed by atoms with E-state index >= 15 is 0 Å². The van der Waals surface area contributed by atoms with Gasteiger partial charge in [0.15, 0.2) is 0 Å². The van der Waals surface area contributed by atoms with E-state index < -0.39 is 0 Å². The topological polar surface area (TPSA) is 0 Å². The Kier molecular flexibility index (Phi) is 4.46. The third-order valence-corrected chi connectivity index (χ3v) is 4.11. The zero-order chi connectivity index (χ0) is 10.7. The molecule has 2 unspecified atom stereocenters. The molecule has 1 aromatic carbocycles. The van der Waals surface area contributed by atoms with Crippen molar-refractivity contribution in [3.05, 3.63) is 34.3 Å². The van der Waals surface area contributed by atoms with Crippen LogP contribution in [-0.2, 0) is 0 Å². The van der Waals surface area contributed by atoms with Gasteiger partial charge in [0.2, 0.25) is 0 Å². The highest BCUT2D eigenvalue weighted by molar-refractivity contribution is 9.10. The molecule has 0 aromatic heterocycles. The number of benzene rings is 1. The standard InChI is InChI=1S/C12H16BrCl/c1-8(2)12(14)9(3)10-6-4-5-7-11(10)13/h4-9,12H,1-3H3. The summed E-state index contributed by atoms with van der Waals surface area (Å²) in [5, 5.41) is 0.189. The molecule has 0 saturated heterocycles. The van der Waals surface area contributed by atoms with Crippen LogP contribution < -0.4 is 0 Å². The quantitative estimate of drug-likeness (QED) is 0.694. The Morgan fingerprint density at radius 3 is 2.21 bits per heavy atom. The maximum absolute atomic E-state index is 6.35. The first-order chi connectivity index (χ1) is 6.54. The van der Waals surface area contributed by atoms with Crippen molar-refractivity contribution in [1.29, 1.82) is 0 Å². The highest BCUT2D eigenvalue weighted by atomic mass is 79.9. The third-order valence-electron chi connectivity index (χ3n) is 2.51. The van der Waals surface area contributed by atoms with Gasteiger partial charge in [-0.05, 0) is 23.5 Å². The third kappa shape index (κ3) is 2.74. The van der Waals surface area contributed by atoms with Gasteiger partial charge in [-0.2, -0.15) is 0 Å². The van der Waals surface area contributed by atoms with E-state index in [1.54, 1.807) is 0 Å². The summed E-state index contributed by atoms with van der Waals surface area (Å²) in [4.78, 5) is 0. The Morgan fingerprint density at radius 1 is 1.14 bits per heavy atom. The Labute approximate surface area is 99.8 Å². The molecule has 0 N–H and O–H groups in total. The molecule has 0 spiro atoms. The van der Waals surface area contributed by atoms with Crippen LogP contribution in [0.3, 0.4) is 0 Å².